The lowest BCUT2D eigenvalue weighted by Crippen LogP contribution is -2.11. The molecular formula is C40H25NS. The number of hydrogen-bond donors (Lipinski definition) is 0. The summed E-state index contributed by atoms with van der Waals surface area (Å²) in [5.74, 6) is 0. The van der Waals surface area contributed by atoms with Crippen LogP contribution in [-0.2, 0) is 0 Å². The van der Waals surface area contributed by atoms with Crippen molar-refractivity contribution in [2.45, 2.75) is 0 Å². The molecule has 0 amide bonds. The Balaban J connectivity index is 1.39. The lowest BCUT2D eigenvalue weighted by Gasteiger charge is -2.29. The van der Waals surface area contributed by atoms with E-state index in [0.29, 0.717) is 0 Å². The molecule has 0 aliphatic heterocycles. The van der Waals surface area contributed by atoms with Crippen molar-refractivity contribution in [3.8, 4) is 0 Å². The van der Waals surface area contributed by atoms with Gasteiger partial charge in [0, 0.05) is 36.6 Å². The van der Waals surface area contributed by atoms with E-state index >= 15 is 0 Å². The van der Waals surface area contributed by atoms with Gasteiger partial charge in [-0.2, -0.15) is 0 Å². The molecule has 42 heavy (non-hydrogen) atoms. The number of hydrogen-bond acceptors (Lipinski definition) is 2. The van der Waals surface area contributed by atoms with Crippen LogP contribution in [0, 0.1) is 0 Å². The zero-order valence-electron chi connectivity index (χ0n) is 22.8. The maximum Gasteiger partial charge on any atom is 0.0546 e. The molecule has 8 aromatic carbocycles. The zero-order chi connectivity index (χ0) is 27.6. The molecule has 1 aromatic heterocycles. The fraction of sp³-hybridized carbons (Fsp3) is 0. The van der Waals surface area contributed by atoms with Crippen LogP contribution in [0.5, 0.6) is 0 Å². The van der Waals surface area contributed by atoms with E-state index in [1.807, 2.05) is 11.3 Å². The van der Waals surface area contributed by atoms with E-state index in [-0.39, 0.29) is 0 Å². The van der Waals surface area contributed by atoms with E-state index in [1.165, 1.54) is 74.6 Å². The molecule has 0 N–H and O–H groups in total. The molecule has 0 saturated heterocycles. The van der Waals surface area contributed by atoms with E-state index in [0.717, 1.165) is 5.69 Å². The highest BCUT2D eigenvalue weighted by Gasteiger charge is 2.20. The first-order chi connectivity index (χ1) is 20.8. The molecule has 0 spiro atoms. The van der Waals surface area contributed by atoms with Gasteiger partial charge in [-0.15, -0.1) is 11.3 Å². The smallest absolute Gasteiger partial charge is 0.0546 e. The van der Waals surface area contributed by atoms with Crippen molar-refractivity contribution in [1.82, 2.24) is 0 Å². The lowest BCUT2D eigenvalue weighted by molar-refractivity contribution is 1.32. The van der Waals surface area contributed by atoms with E-state index in [9.17, 15) is 0 Å². The molecule has 0 radical (unpaired) electrons. The number of anilines is 3. The predicted molar refractivity (Wildman–Crippen MR) is 184 cm³/mol. The number of para-hydroxylation sites is 1. The van der Waals surface area contributed by atoms with E-state index in [2.05, 4.69) is 157 Å². The fourth-order valence-electron chi connectivity index (χ4n) is 6.70. The van der Waals surface area contributed by atoms with Gasteiger partial charge < -0.3 is 4.90 Å². The third kappa shape index (κ3) is 3.49. The Kier molecular flexibility index (Phi) is 5.13. The molecule has 0 saturated carbocycles. The Morgan fingerprint density at radius 2 is 1.05 bits per heavy atom. The van der Waals surface area contributed by atoms with Crippen molar-refractivity contribution in [2.24, 2.45) is 0 Å². The van der Waals surface area contributed by atoms with Gasteiger partial charge in [-0.3, -0.25) is 0 Å². The number of nitrogens with zero attached hydrogens (tertiary/aromatic N) is 1. The average Bonchev–Trinajstić information content (AvgIpc) is 3.42. The SMILES string of the molecule is c1ccc(N(c2cccc3cc4c(cc23)sc2ccccc24)c2cc3ccc4ccccc4c3c3ccccc23)cc1. The predicted octanol–water partition coefficient (Wildman–Crippen LogP) is 12.1. The van der Waals surface area contributed by atoms with Gasteiger partial charge in [0.25, 0.3) is 0 Å². The molecule has 0 bridgehead atoms. The highest BCUT2D eigenvalue weighted by atomic mass is 32.1. The summed E-state index contributed by atoms with van der Waals surface area (Å²) in [5, 5.41) is 12.8. The van der Waals surface area contributed by atoms with Crippen molar-refractivity contribution in [3.05, 3.63) is 152 Å². The average molecular weight is 552 g/mol. The maximum atomic E-state index is 2.46. The molecule has 196 valence electrons. The van der Waals surface area contributed by atoms with Crippen molar-refractivity contribution < 1.29 is 0 Å². The van der Waals surface area contributed by atoms with Crippen LogP contribution < -0.4 is 4.90 Å². The van der Waals surface area contributed by atoms with Crippen LogP contribution in [0.25, 0.3) is 63.3 Å². The normalized spacial score (nSPS) is 11.8. The summed E-state index contributed by atoms with van der Waals surface area (Å²) in [6, 6.07) is 55.5. The maximum absolute atomic E-state index is 2.46. The first-order valence-electron chi connectivity index (χ1n) is 14.4. The quantitative estimate of drug-likeness (QED) is 0.197. The van der Waals surface area contributed by atoms with Gasteiger partial charge in [-0.25, -0.2) is 0 Å². The number of fused-ring (bicyclic) bond motifs is 9. The number of rotatable bonds is 3. The first-order valence-corrected chi connectivity index (χ1v) is 15.2. The minimum absolute atomic E-state index is 1.15. The molecule has 1 heterocycles. The molecule has 9 aromatic rings. The summed E-state index contributed by atoms with van der Waals surface area (Å²) in [6.07, 6.45) is 0. The standard InChI is InChI=1S/C40H25NS/c1-2-13-29(14-3-1)41(36-19-10-12-27-23-35-32-17-8-9-20-38(32)42-39(35)25-34(27)36)37-24-28-22-21-26-11-4-5-15-30(26)40(28)33-18-7-6-16-31(33)37/h1-25H. The first kappa shape index (κ1) is 23.5. The second kappa shape index (κ2) is 9.17. The molecule has 0 aliphatic carbocycles. The molecule has 0 fully saturated rings. The fourth-order valence-corrected chi connectivity index (χ4v) is 7.83. The van der Waals surface area contributed by atoms with Crippen molar-refractivity contribution >= 4 is 91.7 Å². The van der Waals surface area contributed by atoms with Gasteiger partial charge in [-0.05, 0) is 74.8 Å². The lowest BCUT2D eigenvalue weighted by atomic mass is 9.94. The van der Waals surface area contributed by atoms with E-state index in [1.54, 1.807) is 0 Å². The summed E-state index contributed by atoms with van der Waals surface area (Å²) in [7, 11) is 0. The van der Waals surface area contributed by atoms with Crippen LogP contribution in [0.4, 0.5) is 17.1 Å². The van der Waals surface area contributed by atoms with Crippen LogP contribution in [-0.4, -0.2) is 0 Å². The molecular weight excluding hydrogens is 527 g/mol. The van der Waals surface area contributed by atoms with E-state index < -0.39 is 0 Å². The Bertz CT molecular complexity index is 2470. The third-order valence-electron chi connectivity index (χ3n) is 8.58. The molecule has 0 atom stereocenters. The Morgan fingerprint density at radius 1 is 0.357 bits per heavy atom. The minimum atomic E-state index is 1.15. The molecule has 1 nitrogen and oxygen atoms in total. The summed E-state index contributed by atoms with van der Waals surface area (Å²) in [6.45, 7) is 0. The Hall–Kier alpha value is -5.18. The van der Waals surface area contributed by atoms with Gasteiger partial charge >= 0.3 is 0 Å². The highest BCUT2D eigenvalue weighted by molar-refractivity contribution is 7.25. The van der Waals surface area contributed by atoms with Gasteiger partial charge in [0.1, 0.15) is 0 Å². The topological polar surface area (TPSA) is 3.24 Å². The summed E-state index contributed by atoms with van der Waals surface area (Å²) >= 11 is 1.88. The van der Waals surface area contributed by atoms with E-state index in [4.69, 9.17) is 0 Å². The van der Waals surface area contributed by atoms with Crippen LogP contribution in [0.15, 0.2) is 152 Å². The zero-order valence-corrected chi connectivity index (χ0v) is 23.6. The Morgan fingerprint density at radius 3 is 1.93 bits per heavy atom. The van der Waals surface area contributed by atoms with Gasteiger partial charge in [-0.1, -0.05) is 109 Å². The van der Waals surface area contributed by atoms with Gasteiger partial charge in [0.2, 0.25) is 0 Å². The monoisotopic (exact) mass is 551 g/mol. The second-order valence-corrected chi connectivity index (χ2v) is 12.0. The minimum Gasteiger partial charge on any atom is -0.309 e. The number of thiophene rings is 1. The van der Waals surface area contributed by atoms with Gasteiger partial charge in [0.15, 0.2) is 0 Å². The van der Waals surface area contributed by atoms with Crippen molar-refractivity contribution in [2.75, 3.05) is 4.90 Å². The Labute approximate surface area is 247 Å². The van der Waals surface area contributed by atoms with Crippen LogP contribution in [0.3, 0.4) is 0 Å². The third-order valence-corrected chi connectivity index (χ3v) is 9.71. The van der Waals surface area contributed by atoms with Crippen LogP contribution in [0.1, 0.15) is 0 Å². The van der Waals surface area contributed by atoms with Crippen LogP contribution in [0.2, 0.25) is 0 Å². The van der Waals surface area contributed by atoms with Crippen LogP contribution >= 0.6 is 11.3 Å². The molecule has 2 heteroatoms. The van der Waals surface area contributed by atoms with Crippen molar-refractivity contribution in [1.29, 1.82) is 0 Å². The number of benzene rings is 8. The second-order valence-electron chi connectivity index (χ2n) is 10.9. The molecule has 0 aliphatic rings. The summed E-state index contributed by atoms with van der Waals surface area (Å²) < 4.78 is 2.65. The highest BCUT2D eigenvalue weighted by Crippen LogP contribution is 2.46. The summed E-state index contributed by atoms with van der Waals surface area (Å²) in [4.78, 5) is 2.46. The van der Waals surface area contributed by atoms with Crippen molar-refractivity contribution in [3.63, 3.8) is 0 Å². The van der Waals surface area contributed by atoms with Gasteiger partial charge in [0.05, 0.1) is 11.4 Å². The molecule has 9 rings (SSSR count). The summed E-state index contributed by atoms with van der Waals surface area (Å²) in [5.41, 5.74) is 3.51. The largest absolute Gasteiger partial charge is 0.309 e. The molecule has 0 unspecified atom stereocenters.